The van der Waals surface area contributed by atoms with Gasteiger partial charge in [0.15, 0.2) is 0 Å². The second-order valence-electron chi connectivity index (χ2n) is 7.83. The van der Waals surface area contributed by atoms with Crippen LogP contribution in [0, 0.1) is 0 Å². The van der Waals surface area contributed by atoms with E-state index >= 15 is 0 Å². The zero-order chi connectivity index (χ0) is 20.4. The normalized spacial score (nSPS) is 19.0. The first-order chi connectivity index (χ1) is 13.9. The molecule has 4 rings (SSSR count). The van der Waals surface area contributed by atoms with Crippen molar-refractivity contribution in [3.63, 3.8) is 0 Å². The van der Waals surface area contributed by atoms with Gasteiger partial charge >= 0.3 is 0 Å². The Morgan fingerprint density at radius 1 is 1.34 bits per heavy atom. The van der Waals surface area contributed by atoms with Gasteiger partial charge in [-0.3, -0.25) is 9.67 Å². The lowest BCUT2D eigenvalue weighted by Gasteiger charge is -2.36. The van der Waals surface area contributed by atoms with Crippen LogP contribution in [-0.4, -0.2) is 52.6 Å². The van der Waals surface area contributed by atoms with Crippen LogP contribution in [0.15, 0.2) is 42.9 Å². The second-order valence-corrected chi connectivity index (χ2v) is 7.83. The molecule has 3 aromatic rings. The lowest BCUT2D eigenvalue weighted by Crippen LogP contribution is -2.52. The van der Waals surface area contributed by atoms with Gasteiger partial charge in [0.25, 0.3) is 6.43 Å². The largest absolute Gasteiger partial charge is 0.490 e. The molecule has 1 aliphatic rings. The number of pyridine rings is 1. The first-order valence-electron chi connectivity index (χ1n) is 9.61. The maximum absolute atomic E-state index is 12.6. The van der Waals surface area contributed by atoms with E-state index in [1.807, 2.05) is 38.1 Å². The number of fused-ring (bicyclic) bond motifs is 1. The summed E-state index contributed by atoms with van der Waals surface area (Å²) in [7, 11) is 0. The van der Waals surface area contributed by atoms with Gasteiger partial charge in [-0.1, -0.05) is 0 Å². The van der Waals surface area contributed by atoms with Crippen LogP contribution in [-0.2, 0) is 11.3 Å². The van der Waals surface area contributed by atoms with Gasteiger partial charge in [-0.15, -0.1) is 0 Å². The van der Waals surface area contributed by atoms with Crippen LogP contribution in [0.25, 0.3) is 22.0 Å². The maximum atomic E-state index is 12.6. The molecule has 154 valence electrons. The number of morpholine rings is 1. The average Bonchev–Trinajstić information content (AvgIpc) is 3.13. The lowest BCUT2D eigenvalue weighted by atomic mass is 10.1. The summed E-state index contributed by atoms with van der Waals surface area (Å²) in [5.41, 5.74) is 2.08. The van der Waals surface area contributed by atoms with E-state index < -0.39 is 13.0 Å². The van der Waals surface area contributed by atoms with Crippen LogP contribution in [0.1, 0.15) is 13.8 Å². The van der Waals surface area contributed by atoms with Crippen molar-refractivity contribution in [2.45, 2.75) is 38.5 Å². The van der Waals surface area contributed by atoms with Gasteiger partial charge in [-0.05, 0) is 43.7 Å². The number of benzene rings is 1. The van der Waals surface area contributed by atoms with Crippen molar-refractivity contribution < 1.29 is 18.3 Å². The number of ether oxygens (including phenoxy) is 2. The number of hydrogen-bond donors (Lipinski definition) is 1. The number of hydrogen-bond acceptors (Lipinski definition) is 5. The number of nitrogens with zero attached hydrogens (tertiary/aromatic N) is 3. The van der Waals surface area contributed by atoms with E-state index in [0.717, 1.165) is 35.1 Å². The van der Waals surface area contributed by atoms with Gasteiger partial charge < -0.3 is 14.8 Å². The van der Waals surface area contributed by atoms with Crippen molar-refractivity contribution >= 4 is 10.9 Å². The van der Waals surface area contributed by atoms with Gasteiger partial charge in [0.2, 0.25) is 0 Å². The van der Waals surface area contributed by atoms with Crippen LogP contribution in [0.2, 0.25) is 0 Å². The molecular weight excluding hydrogens is 378 g/mol. The number of alkyl halides is 2. The minimum atomic E-state index is -2.45. The van der Waals surface area contributed by atoms with E-state index in [2.05, 4.69) is 15.4 Å². The van der Waals surface area contributed by atoms with Crippen LogP contribution in [0.5, 0.6) is 5.75 Å². The summed E-state index contributed by atoms with van der Waals surface area (Å²) < 4.78 is 38.7. The van der Waals surface area contributed by atoms with E-state index in [0.29, 0.717) is 12.4 Å². The molecule has 6 nitrogen and oxygen atoms in total. The summed E-state index contributed by atoms with van der Waals surface area (Å²) in [5.74, 6) is 0.680. The van der Waals surface area contributed by atoms with Gasteiger partial charge in [0.05, 0.1) is 17.3 Å². The minimum absolute atomic E-state index is 0.0667. The van der Waals surface area contributed by atoms with Gasteiger partial charge in [0, 0.05) is 36.4 Å². The maximum Gasteiger partial charge on any atom is 0.257 e. The third-order valence-corrected chi connectivity index (χ3v) is 4.81. The molecule has 1 fully saturated rings. The molecule has 0 aliphatic carbocycles. The lowest BCUT2D eigenvalue weighted by molar-refractivity contribution is -0.106. The molecule has 1 saturated heterocycles. The molecule has 1 aliphatic heterocycles. The van der Waals surface area contributed by atoms with Crippen molar-refractivity contribution in [1.29, 1.82) is 0 Å². The molecule has 1 aromatic carbocycles. The van der Waals surface area contributed by atoms with Crippen molar-refractivity contribution in [3.05, 3.63) is 42.9 Å². The highest BCUT2D eigenvalue weighted by Crippen LogP contribution is 2.32. The molecule has 0 saturated carbocycles. The molecule has 29 heavy (non-hydrogen) atoms. The molecule has 3 heterocycles. The first kappa shape index (κ1) is 19.7. The number of aromatic nitrogens is 3. The smallest absolute Gasteiger partial charge is 0.257 e. The van der Waals surface area contributed by atoms with Crippen molar-refractivity contribution in [1.82, 2.24) is 20.1 Å². The highest BCUT2D eigenvalue weighted by atomic mass is 19.3. The molecular formula is C21H24F2N4O2. The zero-order valence-corrected chi connectivity index (χ0v) is 16.4. The van der Waals surface area contributed by atoms with Crippen LogP contribution in [0.3, 0.4) is 0 Å². The summed E-state index contributed by atoms with van der Waals surface area (Å²) >= 11 is 0. The third-order valence-electron chi connectivity index (χ3n) is 4.81. The molecule has 1 atom stereocenters. The standard InChI is InChI=1S/C21H24F2N4O2/c1-21(2)13-24-9-16(29-21)12-28-19-7-14(6-18-17(19)4-3-5-25-18)15-8-26-27(10-15)11-20(22)23/h3-8,10,16,20,24H,9,11-13H2,1-2H3/t16-/m0/s1. The Labute approximate surface area is 167 Å². The second kappa shape index (κ2) is 8.04. The summed E-state index contributed by atoms with van der Waals surface area (Å²) in [6, 6.07) is 7.62. The predicted molar refractivity (Wildman–Crippen MR) is 106 cm³/mol. The molecule has 0 spiro atoms. The molecule has 0 amide bonds. The van der Waals surface area contributed by atoms with E-state index in [1.165, 1.54) is 4.68 Å². The van der Waals surface area contributed by atoms with E-state index in [-0.39, 0.29) is 11.7 Å². The van der Waals surface area contributed by atoms with Crippen LogP contribution in [0.4, 0.5) is 8.78 Å². The number of nitrogens with one attached hydrogen (secondary N) is 1. The van der Waals surface area contributed by atoms with Gasteiger partial charge in [-0.25, -0.2) is 8.78 Å². The van der Waals surface area contributed by atoms with Crippen molar-refractivity contribution in [3.8, 4) is 16.9 Å². The fraction of sp³-hybridized carbons (Fsp3) is 0.429. The zero-order valence-electron chi connectivity index (χ0n) is 16.4. The molecule has 8 heteroatoms. The summed E-state index contributed by atoms with van der Waals surface area (Å²) in [4.78, 5) is 4.43. The molecule has 2 aromatic heterocycles. The monoisotopic (exact) mass is 402 g/mol. The Kier molecular flexibility index (Phi) is 5.47. The molecule has 0 radical (unpaired) electrons. The SMILES string of the molecule is CC1(C)CNC[C@@H](COc2cc(-c3cnn(CC(F)F)c3)cc3ncccc23)O1. The Bertz CT molecular complexity index is 990. The fourth-order valence-electron chi connectivity index (χ4n) is 3.53. The quantitative estimate of drug-likeness (QED) is 0.684. The van der Waals surface area contributed by atoms with Gasteiger partial charge in [-0.2, -0.15) is 5.10 Å². The van der Waals surface area contributed by atoms with E-state index in [9.17, 15) is 8.78 Å². The Morgan fingerprint density at radius 2 is 2.21 bits per heavy atom. The van der Waals surface area contributed by atoms with Crippen LogP contribution < -0.4 is 10.1 Å². The van der Waals surface area contributed by atoms with Crippen molar-refractivity contribution in [2.24, 2.45) is 0 Å². The van der Waals surface area contributed by atoms with E-state index in [4.69, 9.17) is 9.47 Å². The van der Waals surface area contributed by atoms with Crippen LogP contribution >= 0.6 is 0 Å². The number of halogens is 2. The number of rotatable bonds is 6. The molecule has 1 N–H and O–H groups in total. The third kappa shape index (κ3) is 4.71. The predicted octanol–water partition coefficient (Wildman–Crippen LogP) is 3.51. The topological polar surface area (TPSA) is 61.2 Å². The highest BCUT2D eigenvalue weighted by molar-refractivity contribution is 5.89. The van der Waals surface area contributed by atoms with Gasteiger partial charge in [0.1, 0.15) is 25.0 Å². The average molecular weight is 402 g/mol. The van der Waals surface area contributed by atoms with Crippen molar-refractivity contribution in [2.75, 3.05) is 19.7 Å². The minimum Gasteiger partial charge on any atom is -0.490 e. The summed E-state index contributed by atoms with van der Waals surface area (Å²) in [5, 5.41) is 8.28. The molecule has 0 bridgehead atoms. The Hall–Kier alpha value is -2.58. The summed E-state index contributed by atoms with van der Waals surface area (Å²) in [6.07, 6.45) is 2.38. The first-order valence-corrected chi connectivity index (χ1v) is 9.61. The Morgan fingerprint density at radius 3 is 3.00 bits per heavy atom. The Balaban J connectivity index is 1.60. The highest BCUT2D eigenvalue weighted by Gasteiger charge is 2.28. The summed E-state index contributed by atoms with van der Waals surface area (Å²) in [6.45, 7) is 5.58. The van der Waals surface area contributed by atoms with E-state index in [1.54, 1.807) is 18.6 Å². The molecule has 0 unspecified atom stereocenters. The fourth-order valence-corrected chi connectivity index (χ4v) is 3.53.